The molecule has 0 aromatic carbocycles. The number of pyridine rings is 1. The first kappa shape index (κ1) is 16.7. The highest BCUT2D eigenvalue weighted by molar-refractivity contribution is 6.07. The largest absolute Gasteiger partial charge is 0.348 e. The Kier molecular flexibility index (Phi) is 4.20. The minimum atomic E-state index is -1.11. The molecule has 1 unspecified atom stereocenters. The normalized spacial score (nSPS) is 24.1. The van der Waals surface area contributed by atoms with E-state index in [0.717, 1.165) is 31.6 Å². The molecule has 3 amide bonds. The van der Waals surface area contributed by atoms with E-state index in [1.54, 1.807) is 12.5 Å². The van der Waals surface area contributed by atoms with Crippen LogP contribution >= 0.6 is 0 Å². The van der Waals surface area contributed by atoms with Crippen LogP contribution in [-0.2, 0) is 16.9 Å². The average Bonchev–Trinajstić information content (AvgIpc) is 3.20. The Hall–Kier alpha value is -2.74. The topological polar surface area (TPSA) is 103 Å². The van der Waals surface area contributed by atoms with Gasteiger partial charge in [0.1, 0.15) is 0 Å². The highest BCUT2D eigenvalue weighted by Crippen LogP contribution is 2.40. The van der Waals surface area contributed by atoms with E-state index in [1.807, 2.05) is 25.1 Å². The van der Waals surface area contributed by atoms with Crippen molar-refractivity contribution in [3.05, 3.63) is 47.8 Å². The number of urea groups is 1. The monoisotopic (exact) mass is 354 g/mol. The van der Waals surface area contributed by atoms with E-state index in [2.05, 4.69) is 25.6 Å². The van der Waals surface area contributed by atoms with Crippen LogP contribution in [0.2, 0.25) is 0 Å². The van der Waals surface area contributed by atoms with Gasteiger partial charge in [-0.3, -0.25) is 14.7 Å². The van der Waals surface area contributed by atoms with Crippen LogP contribution in [0.1, 0.15) is 29.9 Å². The number of carbonyl (C=O) groups is 2. The van der Waals surface area contributed by atoms with Crippen LogP contribution in [0.4, 0.5) is 4.79 Å². The number of aryl methyl sites for hydroxylation is 1. The number of nitrogens with one attached hydrogen (secondary N) is 3. The zero-order chi connectivity index (χ0) is 18.1. The molecule has 136 valence electrons. The van der Waals surface area contributed by atoms with Crippen LogP contribution in [0, 0.1) is 12.8 Å². The van der Waals surface area contributed by atoms with Gasteiger partial charge in [-0.05, 0) is 50.9 Å². The maximum atomic E-state index is 13.5. The summed E-state index contributed by atoms with van der Waals surface area (Å²) in [6.45, 7) is 3.67. The number of aromatic nitrogens is 3. The highest BCUT2D eigenvalue weighted by Gasteiger charge is 2.57. The first-order valence-electron chi connectivity index (χ1n) is 8.88. The molecule has 2 aliphatic heterocycles. The zero-order valence-corrected chi connectivity index (χ0v) is 14.7. The third-order valence-electron chi connectivity index (χ3n) is 5.39. The smallest absolute Gasteiger partial charge is 0.325 e. The predicted octanol–water partition coefficient (Wildman–Crippen LogP) is 1.06. The number of carbonyl (C=O) groups excluding carboxylic acids is 2. The summed E-state index contributed by atoms with van der Waals surface area (Å²) < 4.78 is 0. The lowest BCUT2D eigenvalue weighted by Crippen LogP contribution is -2.53. The number of piperidine rings is 1. The van der Waals surface area contributed by atoms with E-state index in [-0.39, 0.29) is 24.4 Å². The third kappa shape index (κ3) is 2.57. The molecule has 0 aliphatic carbocycles. The van der Waals surface area contributed by atoms with Crippen LogP contribution in [-0.4, -0.2) is 44.9 Å². The molecule has 8 nitrogen and oxygen atoms in total. The Morgan fingerprint density at radius 1 is 1.23 bits per heavy atom. The highest BCUT2D eigenvalue weighted by atomic mass is 16.2. The summed E-state index contributed by atoms with van der Waals surface area (Å²) in [6, 6.07) is 5.10. The molecule has 2 aromatic heterocycles. The average molecular weight is 354 g/mol. The molecular formula is C18H22N6O2. The Bertz CT molecular complexity index is 814. The molecule has 4 heterocycles. The lowest BCUT2D eigenvalue weighted by Gasteiger charge is -2.37. The molecule has 4 rings (SSSR count). The van der Waals surface area contributed by atoms with Crippen molar-refractivity contribution in [2.24, 2.45) is 5.92 Å². The number of imide groups is 1. The minimum absolute atomic E-state index is 0.000353. The summed E-state index contributed by atoms with van der Waals surface area (Å²) >= 11 is 0. The summed E-state index contributed by atoms with van der Waals surface area (Å²) in [5.41, 5.74) is 1.04. The van der Waals surface area contributed by atoms with Crippen molar-refractivity contribution in [1.82, 2.24) is 30.5 Å². The molecule has 2 saturated heterocycles. The number of nitrogens with zero attached hydrogens (tertiary/aromatic N) is 3. The summed E-state index contributed by atoms with van der Waals surface area (Å²) in [4.78, 5) is 39.2. The summed E-state index contributed by atoms with van der Waals surface area (Å²) in [7, 11) is 0. The Labute approximate surface area is 151 Å². The second-order valence-corrected chi connectivity index (χ2v) is 6.84. The summed E-state index contributed by atoms with van der Waals surface area (Å²) in [5.74, 6) is -0.240. The first-order chi connectivity index (χ1) is 12.6. The van der Waals surface area contributed by atoms with E-state index in [9.17, 15) is 9.59 Å². The van der Waals surface area contributed by atoms with Crippen LogP contribution in [0.3, 0.4) is 0 Å². The molecule has 0 saturated carbocycles. The summed E-state index contributed by atoms with van der Waals surface area (Å²) in [6.07, 6.45) is 4.84. The Morgan fingerprint density at radius 3 is 2.69 bits per heavy atom. The van der Waals surface area contributed by atoms with Crippen LogP contribution in [0.15, 0.2) is 30.7 Å². The number of hydrogen-bond acceptors (Lipinski definition) is 5. The molecule has 0 bridgehead atoms. The molecular weight excluding hydrogens is 332 g/mol. The number of amides is 3. The summed E-state index contributed by atoms with van der Waals surface area (Å²) in [5, 5.41) is 6.31. The quantitative estimate of drug-likeness (QED) is 0.713. The van der Waals surface area contributed by atoms with Gasteiger partial charge < -0.3 is 15.6 Å². The third-order valence-corrected chi connectivity index (χ3v) is 5.39. The fraction of sp³-hybridized carbons (Fsp3) is 0.444. The first-order valence-corrected chi connectivity index (χ1v) is 8.88. The second kappa shape index (κ2) is 6.53. The van der Waals surface area contributed by atoms with Gasteiger partial charge in [0.05, 0.1) is 24.3 Å². The lowest BCUT2D eigenvalue weighted by molar-refractivity contribution is -0.134. The van der Waals surface area contributed by atoms with Crippen molar-refractivity contribution < 1.29 is 9.59 Å². The van der Waals surface area contributed by atoms with Gasteiger partial charge >= 0.3 is 6.03 Å². The zero-order valence-electron chi connectivity index (χ0n) is 14.7. The van der Waals surface area contributed by atoms with Gasteiger partial charge in [-0.2, -0.15) is 0 Å². The maximum absolute atomic E-state index is 13.5. The Balaban J connectivity index is 1.73. The molecule has 0 spiro atoms. The Morgan fingerprint density at radius 2 is 2.04 bits per heavy atom. The number of rotatable bonds is 4. The lowest BCUT2D eigenvalue weighted by atomic mass is 9.75. The van der Waals surface area contributed by atoms with Crippen LogP contribution < -0.4 is 10.6 Å². The van der Waals surface area contributed by atoms with Crippen LogP contribution in [0.5, 0.6) is 0 Å². The van der Waals surface area contributed by atoms with Crippen molar-refractivity contribution >= 4 is 11.9 Å². The van der Waals surface area contributed by atoms with Gasteiger partial charge in [-0.25, -0.2) is 9.78 Å². The molecule has 0 radical (unpaired) electrons. The van der Waals surface area contributed by atoms with Crippen LogP contribution in [0.25, 0.3) is 0 Å². The van der Waals surface area contributed by atoms with E-state index in [4.69, 9.17) is 0 Å². The fourth-order valence-corrected chi connectivity index (χ4v) is 3.95. The van der Waals surface area contributed by atoms with Crippen molar-refractivity contribution in [2.45, 2.75) is 31.8 Å². The van der Waals surface area contributed by atoms with Gasteiger partial charge in [0.25, 0.3) is 5.91 Å². The van der Waals surface area contributed by atoms with Crippen molar-refractivity contribution in [3.8, 4) is 0 Å². The molecule has 2 fully saturated rings. The minimum Gasteiger partial charge on any atom is -0.348 e. The number of hydrogen-bond donors (Lipinski definition) is 3. The molecule has 2 aromatic rings. The van der Waals surface area contributed by atoms with E-state index in [1.165, 1.54) is 4.90 Å². The van der Waals surface area contributed by atoms with Gasteiger partial charge in [0.15, 0.2) is 5.54 Å². The standard InChI is InChI=1S/C18H22N6O2/c1-12-14(22-11-21-12)10-24-16(25)18(23-17(24)26,13-5-8-19-9-6-13)15-4-2-3-7-20-15/h2-4,7,11,13,19H,5-6,8-10H2,1H3,(H,21,22)(H,23,26). The number of H-pyrrole nitrogens is 1. The van der Waals surface area contributed by atoms with Gasteiger partial charge in [-0.15, -0.1) is 0 Å². The fourth-order valence-electron chi connectivity index (χ4n) is 3.95. The van der Waals surface area contributed by atoms with Gasteiger partial charge in [0, 0.05) is 11.9 Å². The number of aromatic amines is 1. The molecule has 8 heteroatoms. The van der Waals surface area contributed by atoms with Gasteiger partial charge in [0.2, 0.25) is 0 Å². The van der Waals surface area contributed by atoms with E-state index in [0.29, 0.717) is 11.4 Å². The van der Waals surface area contributed by atoms with E-state index >= 15 is 0 Å². The van der Waals surface area contributed by atoms with E-state index < -0.39 is 5.54 Å². The molecule has 1 atom stereocenters. The maximum Gasteiger partial charge on any atom is 0.325 e. The molecule has 26 heavy (non-hydrogen) atoms. The van der Waals surface area contributed by atoms with Crippen molar-refractivity contribution in [3.63, 3.8) is 0 Å². The predicted molar refractivity (Wildman–Crippen MR) is 93.9 cm³/mol. The van der Waals surface area contributed by atoms with Gasteiger partial charge in [-0.1, -0.05) is 6.07 Å². The van der Waals surface area contributed by atoms with Crippen molar-refractivity contribution in [1.29, 1.82) is 0 Å². The molecule has 2 aliphatic rings. The molecule has 3 N–H and O–H groups in total. The SMILES string of the molecule is Cc1[nH]cnc1CN1C(=O)NC(c2ccccn2)(C2CCNCC2)C1=O. The number of imidazole rings is 1. The van der Waals surface area contributed by atoms with Crippen molar-refractivity contribution in [2.75, 3.05) is 13.1 Å². The second-order valence-electron chi connectivity index (χ2n) is 6.84.